The molecule has 14 heteroatoms. The number of aromatic nitrogens is 8. The van der Waals surface area contributed by atoms with E-state index in [0.29, 0.717) is 35.2 Å². The van der Waals surface area contributed by atoms with Crippen LogP contribution in [0, 0.1) is 0 Å². The second kappa shape index (κ2) is 10.1. The molecule has 5 aromatic rings. The first-order chi connectivity index (χ1) is 20.9. The maximum atomic E-state index is 6.47. The Kier molecular flexibility index (Phi) is 5.81. The van der Waals surface area contributed by atoms with E-state index in [9.17, 15) is 0 Å². The van der Waals surface area contributed by atoms with Gasteiger partial charge in [-0.2, -0.15) is 20.3 Å². The van der Waals surface area contributed by atoms with Gasteiger partial charge in [-0.15, -0.1) is 0 Å². The molecule has 8 rings (SSSR count). The van der Waals surface area contributed by atoms with Crippen LogP contribution < -0.4 is 15.8 Å². The minimum Gasteiger partial charge on any atom is -0.436 e. The fourth-order valence-electron chi connectivity index (χ4n) is 5.65. The van der Waals surface area contributed by atoms with Gasteiger partial charge in [-0.25, -0.2) is 15.4 Å². The number of hydrogen-bond acceptors (Lipinski definition) is 13. The molecule has 0 amide bonds. The smallest absolute Gasteiger partial charge is 0.225 e. The standard InChI is InChI=1S/C28H25N13O/c1-5-18(37-32-9-1)22-23(19-7-12-33-38-19)25(39-15-3-10-34-39)28(40-16-4-11-35-40)41(21-17-29-13-14-30-21)24(22)27-36-26-20(42-27)6-2-8-31-26/h1-3,5-10,12-14,17,24,34-35H,4,11,15-16H2,(H,33,38). The molecule has 1 fully saturated rings. The van der Waals surface area contributed by atoms with E-state index in [-0.39, 0.29) is 0 Å². The molecule has 14 nitrogen and oxygen atoms in total. The monoisotopic (exact) mass is 559 g/mol. The number of rotatable bonds is 6. The fourth-order valence-corrected chi connectivity index (χ4v) is 5.65. The number of nitrogens with one attached hydrogen (secondary N) is 3. The summed E-state index contributed by atoms with van der Waals surface area (Å²) >= 11 is 0. The quantitative estimate of drug-likeness (QED) is 0.279. The van der Waals surface area contributed by atoms with Gasteiger partial charge < -0.3 is 9.84 Å². The maximum absolute atomic E-state index is 6.47. The molecular weight excluding hydrogens is 534 g/mol. The van der Waals surface area contributed by atoms with Gasteiger partial charge in [0.25, 0.3) is 0 Å². The zero-order valence-electron chi connectivity index (χ0n) is 22.3. The number of oxazole rings is 1. The first-order valence-corrected chi connectivity index (χ1v) is 13.6. The first kappa shape index (κ1) is 24.2. The molecule has 0 radical (unpaired) electrons. The van der Waals surface area contributed by atoms with Crippen LogP contribution >= 0.6 is 0 Å². The first-order valence-electron chi connectivity index (χ1n) is 13.6. The van der Waals surface area contributed by atoms with Crippen molar-refractivity contribution in [2.24, 2.45) is 0 Å². The zero-order chi connectivity index (χ0) is 27.9. The summed E-state index contributed by atoms with van der Waals surface area (Å²) < 4.78 is 6.47. The molecule has 8 heterocycles. The van der Waals surface area contributed by atoms with Crippen molar-refractivity contribution in [3.63, 3.8) is 0 Å². The lowest BCUT2D eigenvalue weighted by Gasteiger charge is -2.44. The number of hydrazine groups is 2. The largest absolute Gasteiger partial charge is 0.436 e. The van der Waals surface area contributed by atoms with Crippen molar-refractivity contribution in [3.8, 4) is 0 Å². The number of H-pyrrole nitrogens is 1. The van der Waals surface area contributed by atoms with Gasteiger partial charge in [0.2, 0.25) is 5.89 Å². The van der Waals surface area contributed by atoms with Crippen molar-refractivity contribution in [3.05, 3.63) is 109 Å². The predicted molar refractivity (Wildman–Crippen MR) is 152 cm³/mol. The Morgan fingerprint density at radius 2 is 1.95 bits per heavy atom. The van der Waals surface area contributed by atoms with Gasteiger partial charge >= 0.3 is 0 Å². The second-order valence-electron chi connectivity index (χ2n) is 9.81. The van der Waals surface area contributed by atoms with Crippen LogP contribution in [-0.4, -0.2) is 70.0 Å². The predicted octanol–water partition coefficient (Wildman–Crippen LogP) is 2.41. The van der Waals surface area contributed by atoms with Crippen molar-refractivity contribution < 1.29 is 4.42 Å². The van der Waals surface area contributed by atoms with Gasteiger partial charge in [0, 0.05) is 61.4 Å². The highest BCUT2D eigenvalue weighted by Gasteiger charge is 2.46. The molecule has 3 N–H and O–H groups in total. The van der Waals surface area contributed by atoms with Crippen molar-refractivity contribution in [2.75, 3.05) is 24.5 Å². The summed E-state index contributed by atoms with van der Waals surface area (Å²) in [6.07, 6.45) is 15.1. The maximum Gasteiger partial charge on any atom is 0.225 e. The van der Waals surface area contributed by atoms with E-state index >= 15 is 0 Å². The Labute approximate surface area is 239 Å². The Bertz CT molecular complexity index is 1770. The molecule has 208 valence electrons. The van der Waals surface area contributed by atoms with E-state index in [4.69, 9.17) is 14.4 Å². The van der Waals surface area contributed by atoms with Gasteiger partial charge in [0.05, 0.1) is 24.1 Å². The summed E-state index contributed by atoms with van der Waals surface area (Å²) in [5.74, 6) is 1.88. The molecule has 42 heavy (non-hydrogen) atoms. The van der Waals surface area contributed by atoms with Crippen LogP contribution in [0.25, 0.3) is 22.4 Å². The molecule has 0 saturated carbocycles. The van der Waals surface area contributed by atoms with Gasteiger partial charge in [-0.05, 0) is 42.8 Å². The van der Waals surface area contributed by atoms with Crippen LogP contribution in [0.1, 0.15) is 29.7 Å². The Balaban J connectivity index is 1.51. The van der Waals surface area contributed by atoms with Crippen molar-refractivity contribution in [1.29, 1.82) is 0 Å². The normalized spacial score (nSPS) is 19.0. The van der Waals surface area contributed by atoms with Crippen molar-refractivity contribution in [1.82, 2.24) is 61.2 Å². The summed E-state index contributed by atoms with van der Waals surface area (Å²) in [6, 6.07) is 8.81. The Morgan fingerprint density at radius 3 is 2.69 bits per heavy atom. The lowest BCUT2D eigenvalue weighted by Crippen LogP contribution is -2.48. The van der Waals surface area contributed by atoms with Gasteiger partial charge in [-0.3, -0.25) is 25.0 Å². The average Bonchev–Trinajstić information content (AvgIpc) is 3.88. The average molecular weight is 560 g/mol. The molecular formula is C28H25N13O. The van der Waals surface area contributed by atoms with Crippen LogP contribution in [-0.2, 0) is 0 Å². The number of hydrogen-bond donors (Lipinski definition) is 3. The molecule has 0 aliphatic carbocycles. The minimum absolute atomic E-state index is 0.426. The Hall–Kier alpha value is -5.63. The third-order valence-electron chi connectivity index (χ3n) is 7.33. The van der Waals surface area contributed by atoms with E-state index in [1.165, 1.54) is 0 Å². The highest BCUT2D eigenvalue weighted by Crippen LogP contribution is 2.51. The molecule has 1 saturated heterocycles. The van der Waals surface area contributed by atoms with Gasteiger partial charge in [0.15, 0.2) is 22.9 Å². The van der Waals surface area contributed by atoms with E-state index in [1.54, 1.807) is 37.2 Å². The van der Waals surface area contributed by atoms with Crippen LogP contribution in [0.15, 0.2) is 95.7 Å². The van der Waals surface area contributed by atoms with Crippen LogP contribution in [0.4, 0.5) is 5.82 Å². The fraction of sp³-hybridized carbons (Fsp3) is 0.179. The molecule has 0 aromatic carbocycles. The van der Waals surface area contributed by atoms with E-state index in [0.717, 1.165) is 47.9 Å². The SMILES string of the molecule is C1=CNN(C2=C(N3CCCN3)N(c3cnccn3)C(c3nc4ncccc4o3)C(c3cccnn3)=C2c2ccn[nH]2)C1. The van der Waals surface area contributed by atoms with E-state index in [2.05, 4.69) is 62.2 Å². The number of pyridine rings is 1. The molecule has 3 aliphatic rings. The third-order valence-corrected chi connectivity index (χ3v) is 7.33. The zero-order valence-corrected chi connectivity index (χ0v) is 22.3. The number of allylic oxidation sites excluding steroid dienone is 1. The van der Waals surface area contributed by atoms with Crippen LogP contribution in [0.3, 0.4) is 0 Å². The summed E-state index contributed by atoms with van der Waals surface area (Å²) in [5, 5.41) is 20.7. The highest BCUT2D eigenvalue weighted by molar-refractivity contribution is 6.02. The van der Waals surface area contributed by atoms with Gasteiger partial charge in [0.1, 0.15) is 11.7 Å². The van der Waals surface area contributed by atoms with Crippen LogP contribution in [0.5, 0.6) is 0 Å². The van der Waals surface area contributed by atoms with Gasteiger partial charge in [-0.1, -0.05) is 0 Å². The minimum atomic E-state index is -0.636. The van der Waals surface area contributed by atoms with Crippen molar-refractivity contribution in [2.45, 2.75) is 12.5 Å². The van der Waals surface area contributed by atoms with Crippen LogP contribution in [0.2, 0.25) is 0 Å². The highest BCUT2D eigenvalue weighted by atomic mass is 16.4. The summed E-state index contributed by atoms with van der Waals surface area (Å²) in [6.45, 7) is 2.23. The van der Waals surface area contributed by atoms with Crippen molar-refractivity contribution >= 4 is 28.2 Å². The van der Waals surface area contributed by atoms with E-state index < -0.39 is 6.04 Å². The number of aromatic amines is 1. The lowest BCUT2D eigenvalue weighted by molar-refractivity contribution is 0.272. The van der Waals surface area contributed by atoms with E-state index in [1.807, 2.05) is 36.5 Å². The molecule has 1 atom stereocenters. The molecule has 1 unspecified atom stereocenters. The summed E-state index contributed by atoms with van der Waals surface area (Å²) in [5.41, 5.74) is 12.1. The summed E-state index contributed by atoms with van der Waals surface area (Å²) in [4.78, 5) is 20.7. The molecule has 0 spiro atoms. The summed E-state index contributed by atoms with van der Waals surface area (Å²) in [7, 11) is 0. The molecule has 0 bridgehead atoms. The third kappa shape index (κ3) is 3.96. The topological polar surface area (TPSA) is 153 Å². The molecule has 5 aromatic heterocycles. The molecule has 3 aliphatic heterocycles. The lowest BCUT2D eigenvalue weighted by atomic mass is 9.87. The number of anilines is 1. The number of nitrogens with zero attached hydrogens (tertiary/aromatic N) is 10. The Morgan fingerprint density at radius 1 is 0.976 bits per heavy atom. The number of fused-ring (bicyclic) bond motifs is 1. The second-order valence-corrected chi connectivity index (χ2v) is 9.81.